The first-order valence-electron chi connectivity index (χ1n) is 5.95. The van der Waals surface area contributed by atoms with Gasteiger partial charge in [-0.3, -0.25) is 4.40 Å². The number of fused-ring (bicyclic) bond motifs is 1. The number of pyridine rings is 1. The van der Waals surface area contributed by atoms with E-state index in [0.29, 0.717) is 5.92 Å². The summed E-state index contributed by atoms with van der Waals surface area (Å²) >= 11 is 0. The molecular weight excluding hydrogens is 216 g/mol. The molecule has 0 amide bonds. The zero-order valence-corrected chi connectivity index (χ0v) is 9.93. The molecule has 1 aliphatic heterocycles. The van der Waals surface area contributed by atoms with Crippen molar-refractivity contribution in [1.82, 2.24) is 9.38 Å². The Labute approximate surface area is 100 Å². The molecule has 1 saturated heterocycles. The SMILES string of the molecule is COc1cccc2nc(CC3CCOC3)cn12. The van der Waals surface area contributed by atoms with Gasteiger partial charge in [0.15, 0.2) is 5.88 Å². The Morgan fingerprint density at radius 3 is 3.24 bits per heavy atom. The number of ether oxygens (including phenoxy) is 2. The summed E-state index contributed by atoms with van der Waals surface area (Å²) in [5, 5.41) is 0. The quantitative estimate of drug-likeness (QED) is 0.811. The van der Waals surface area contributed by atoms with Crippen LogP contribution in [0.5, 0.6) is 5.88 Å². The van der Waals surface area contributed by atoms with Crippen LogP contribution in [0.4, 0.5) is 0 Å². The lowest BCUT2D eigenvalue weighted by Gasteiger charge is -2.03. The molecule has 0 N–H and O–H groups in total. The molecule has 0 aliphatic carbocycles. The first kappa shape index (κ1) is 10.6. The van der Waals surface area contributed by atoms with E-state index in [4.69, 9.17) is 9.47 Å². The normalized spacial score (nSPS) is 19.9. The van der Waals surface area contributed by atoms with E-state index in [2.05, 4.69) is 11.2 Å². The van der Waals surface area contributed by atoms with Gasteiger partial charge in [-0.05, 0) is 30.9 Å². The third-order valence-electron chi connectivity index (χ3n) is 3.24. The summed E-state index contributed by atoms with van der Waals surface area (Å²) in [7, 11) is 1.68. The molecule has 0 radical (unpaired) electrons. The third-order valence-corrected chi connectivity index (χ3v) is 3.24. The van der Waals surface area contributed by atoms with Crippen molar-refractivity contribution in [2.75, 3.05) is 20.3 Å². The zero-order valence-electron chi connectivity index (χ0n) is 9.93. The number of rotatable bonds is 3. The number of imidazole rings is 1. The second-order valence-corrected chi connectivity index (χ2v) is 4.46. The minimum Gasteiger partial charge on any atom is -0.482 e. The summed E-state index contributed by atoms with van der Waals surface area (Å²) in [4.78, 5) is 4.61. The van der Waals surface area contributed by atoms with Crippen LogP contribution in [0.3, 0.4) is 0 Å². The average Bonchev–Trinajstić information content (AvgIpc) is 2.97. The van der Waals surface area contributed by atoms with Crippen LogP contribution in [0.1, 0.15) is 12.1 Å². The van der Waals surface area contributed by atoms with Gasteiger partial charge in [0.05, 0.1) is 12.8 Å². The predicted octanol–water partition coefficient (Wildman–Crippen LogP) is 1.92. The fourth-order valence-electron chi connectivity index (χ4n) is 2.34. The Balaban J connectivity index is 1.90. The first-order valence-corrected chi connectivity index (χ1v) is 5.95. The Kier molecular flexibility index (Phi) is 2.73. The molecule has 4 nitrogen and oxygen atoms in total. The van der Waals surface area contributed by atoms with Gasteiger partial charge in [-0.15, -0.1) is 0 Å². The van der Waals surface area contributed by atoms with E-state index < -0.39 is 0 Å². The Bertz CT molecular complexity index is 515. The molecular formula is C13H16N2O2. The van der Waals surface area contributed by atoms with E-state index in [1.807, 2.05) is 22.6 Å². The summed E-state index contributed by atoms with van der Waals surface area (Å²) < 4.78 is 12.7. The largest absolute Gasteiger partial charge is 0.482 e. The molecule has 0 spiro atoms. The van der Waals surface area contributed by atoms with Gasteiger partial charge >= 0.3 is 0 Å². The predicted molar refractivity (Wildman–Crippen MR) is 64.4 cm³/mol. The van der Waals surface area contributed by atoms with Crippen molar-refractivity contribution in [3.05, 3.63) is 30.1 Å². The van der Waals surface area contributed by atoms with Crippen LogP contribution in [0.15, 0.2) is 24.4 Å². The Morgan fingerprint density at radius 2 is 2.47 bits per heavy atom. The minimum atomic E-state index is 0.617. The molecule has 0 saturated carbocycles. The van der Waals surface area contributed by atoms with Gasteiger partial charge < -0.3 is 9.47 Å². The monoisotopic (exact) mass is 232 g/mol. The van der Waals surface area contributed by atoms with Crippen molar-refractivity contribution in [3.8, 4) is 5.88 Å². The lowest BCUT2D eigenvalue weighted by atomic mass is 10.0. The van der Waals surface area contributed by atoms with Gasteiger partial charge in [0.25, 0.3) is 0 Å². The van der Waals surface area contributed by atoms with Crippen LogP contribution in [0.25, 0.3) is 5.65 Å². The molecule has 0 aromatic carbocycles. The van der Waals surface area contributed by atoms with Crippen molar-refractivity contribution in [3.63, 3.8) is 0 Å². The molecule has 3 rings (SSSR count). The summed E-state index contributed by atoms with van der Waals surface area (Å²) in [6.45, 7) is 1.76. The second-order valence-electron chi connectivity index (χ2n) is 4.46. The molecule has 4 heteroatoms. The van der Waals surface area contributed by atoms with Crippen LogP contribution < -0.4 is 4.74 Å². The van der Waals surface area contributed by atoms with Crippen molar-refractivity contribution in [1.29, 1.82) is 0 Å². The second kappa shape index (κ2) is 4.37. The van der Waals surface area contributed by atoms with Crippen molar-refractivity contribution in [2.45, 2.75) is 12.8 Å². The standard InChI is InChI=1S/C13H16N2O2/c1-16-13-4-2-3-12-14-11(8-15(12)13)7-10-5-6-17-9-10/h2-4,8,10H,5-7,9H2,1H3. The number of methoxy groups -OCH3 is 1. The summed E-state index contributed by atoms with van der Waals surface area (Å²) in [6, 6.07) is 5.90. The van der Waals surface area contributed by atoms with Gasteiger partial charge in [0, 0.05) is 19.4 Å². The number of hydrogen-bond acceptors (Lipinski definition) is 3. The zero-order chi connectivity index (χ0) is 11.7. The van der Waals surface area contributed by atoms with Crippen molar-refractivity contribution >= 4 is 5.65 Å². The smallest absolute Gasteiger partial charge is 0.198 e. The maximum Gasteiger partial charge on any atom is 0.198 e. The van der Waals surface area contributed by atoms with E-state index in [1.165, 1.54) is 0 Å². The van der Waals surface area contributed by atoms with Crippen LogP contribution in [0, 0.1) is 5.92 Å². The highest BCUT2D eigenvalue weighted by molar-refractivity contribution is 5.43. The van der Waals surface area contributed by atoms with Crippen molar-refractivity contribution < 1.29 is 9.47 Å². The summed E-state index contributed by atoms with van der Waals surface area (Å²) in [5.74, 6) is 1.44. The highest BCUT2D eigenvalue weighted by Gasteiger charge is 2.17. The minimum absolute atomic E-state index is 0.617. The van der Waals surface area contributed by atoms with Gasteiger partial charge in [0.1, 0.15) is 5.65 Å². The summed E-state index contributed by atoms with van der Waals surface area (Å²) in [5.41, 5.74) is 2.06. The molecule has 2 aromatic heterocycles. The highest BCUT2D eigenvalue weighted by atomic mass is 16.5. The van der Waals surface area contributed by atoms with Crippen LogP contribution >= 0.6 is 0 Å². The number of aromatic nitrogens is 2. The lowest BCUT2D eigenvalue weighted by molar-refractivity contribution is 0.185. The van der Waals surface area contributed by atoms with E-state index >= 15 is 0 Å². The Morgan fingerprint density at radius 1 is 1.53 bits per heavy atom. The molecule has 90 valence electrons. The van der Waals surface area contributed by atoms with Crippen LogP contribution in [0.2, 0.25) is 0 Å². The molecule has 2 aromatic rings. The van der Waals surface area contributed by atoms with Crippen LogP contribution in [-0.4, -0.2) is 29.7 Å². The van der Waals surface area contributed by atoms with Gasteiger partial charge in [-0.25, -0.2) is 4.98 Å². The maximum atomic E-state index is 5.39. The topological polar surface area (TPSA) is 35.8 Å². The van der Waals surface area contributed by atoms with Crippen LogP contribution in [-0.2, 0) is 11.2 Å². The average molecular weight is 232 g/mol. The molecule has 1 unspecified atom stereocenters. The Hall–Kier alpha value is -1.55. The maximum absolute atomic E-state index is 5.39. The van der Waals surface area contributed by atoms with Gasteiger partial charge in [-0.1, -0.05) is 6.07 Å². The molecule has 1 aliphatic rings. The molecule has 1 fully saturated rings. The summed E-state index contributed by atoms with van der Waals surface area (Å²) in [6.07, 6.45) is 4.20. The molecule has 3 heterocycles. The lowest BCUT2D eigenvalue weighted by Crippen LogP contribution is -2.03. The molecule has 17 heavy (non-hydrogen) atoms. The molecule has 1 atom stereocenters. The third kappa shape index (κ3) is 2.00. The van der Waals surface area contributed by atoms with Gasteiger partial charge in [-0.2, -0.15) is 0 Å². The van der Waals surface area contributed by atoms with E-state index in [-0.39, 0.29) is 0 Å². The van der Waals surface area contributed by atoms with Gasteiger partial charge in [0.2, 0.25) is 0 Å². The highest BCUT2D eigenvalue weighted by Crippen LogP contribution is 2.20. The van der Waals surface area contributed by atoms with Crippen molar-refractivity contribution in [2.24, 2.45) is 5.92 Å². The fraction of sp³-hybridized carbons (Fsp3) is 0.462. The number of hydrogen-bond donors (Lipinski definition) is 0. The van der Waals surface area contributed by atoms with E-state index in [0.717, 1.165) is 43.3 Å². The van der Waals surface area contributed by atoms with E-state index in [9.17, 15) is 0 Å². The number of nitrogens with zero attached hydrogens (tertiary/aromatic N) is 2. The fourth-order valence-corrected chi connectivity index (χ4v) is 2.34. The molecule has 0 bridgehead atoms. The first-order chi connectivity index (χ1) is 8.36. The van der Waals surface area contributed by atoms with E-state index in [1.54, 1.807) is 7.11 Å².